The van der Waals surface area contributed by atoms with Gasteiger partial charge in [0.15, 0.2) is 0 Å². The van der Waals surface area contributed by atoms with Gasteiger partial charge in [-0.05, 0) is 55.3 Å². The van der Waals surface area contributed by atoms with Crippen LogP contribution in [0.3, 0.4) is 0 Å². The van der Waals surface area contributed by atoms with Crippen LogP contribution in [0.15, 0.2) is 54.7 Å². The van der Waals surface area contributed by atoms with E-state index in [1.807, 2.05) is 19.1 Å². The van der Waals surface area contributed by atoms with Crippen LogP contribution in [0.4, 0.5) is 30.6 Å². The Kier molecular flexibility index (Phi) is 5.67. The predicted molar refractivity (Wildman–Crippen MR) is 102 cm³/mol. The maximum absolute atomic E-state index is 12.6. The first-order valence-corrected chi connectivity index (χ1v) is 8.61. The van der Waals surface area contributed by atoms with Gasteiger partial charge in [-0.2, -0.15) is 18.2 Å². The molecule has 0 aliphatic carbocycles. The first-order chi connectivity index (χ1) is 13.3. The Morgan fingerprint density at radius 3 is 2.32 bits per heavy atom. The normalized spacial score (nSPS) is 11.3. The van der Waals surface area contributed by atoms with Gasteiger partial charge in [0, 0.05) is 24.0 Å². The highest BCUT2D eigenvalue weighted by atomic mass is 19.4. The standard InChI is InChI=1S/C20H19F3N4O/c1-13-12-25-19(26-16-6-4-15(5-7-16)20(21,22)23)27-18(13)24-11-10-14-2-8-17(28)9-3-14/h2-9,12,28H,10-11H2,1H3,(H2,24,25,26,27). The molecule has 0 fully saturated rings. The molecule has 0 bridgehead atoms. The number of phenols is 1. The van der Waals surface area contributed by atoms with Crippen LogP contribution in [0.2, 0.25) is 0 Å². The van der Waals surface area contributed by atoms with Gasteiger partial charge in [-0.3, -0.25) is 0 Å². The van der Waals surface area contributed by atoms with Crippen molar-refractivity contribution >= 4 is 17.5 Å². The van der Waals surface area contributed by atoms with E-state index in [1.54, 1.807) is 18.3 Å². The Morgan fingerprint density at radius 1 is 1.00 bits per heavy atom. The van der Waals surface area contributed by atoms with E-state index in [4.69, 9.17) is 0 Å². The van der Waals surface area contributed by atoms with E-state index >= 15 is 0 Å². The van der Waals surface area contributed by atoms with E-state index in [2.05, 4.69) is 20.6 Å². The van der Waals surface area contributed by atoms with E-state index < -0.39 is 11.7 Å². The number of phenolic OH excluding ortho intramolecular Hbond substituents is 1. The van der Waals surface area contributed by atoms with Crippen LogP contribution in [-0.4, -0.2) is 21.6 Å². The van der Waals surface area contributed by atoms with Gasteiger partial charge in [-0.1, -0.05) is 12.1 Å². The van der Waals surface area contributed by atoms with Gasteiger partial charge >= 0.3 is 6.18 Å². The summed E-state index contributed by atoms with van der Waals surface area (Å²) in [4.78, 5) is 8.56. The fourth-order valence-electron chi connectivity index (χ4n) is 2.54. The Balaban J connectivity index is 1.63. The average Bonchev–Trinajstić information content (AvgIpc) is 2.65. The number of aromatic hydroxyl groups is 1. The number of nitrogens with one attached hydrogen (secondary N) is 2. The van der Waals surface area contributed by atoms with Crippen molar-refractivity contribution in [2.45, 2.75) is 19.5 Å². The molecule has 5 nitrogen and oxygen atoms in total. The number of hydrogen-bond acceptors (Lipinski definition) is 5. The van der Waals surface area contributed by atoms with Crippen LogP contribution in [0.25, 0.3) is 0 Å². The largest absolute Gasteiger partial charge is 0.508 e. The molecule has 0 atom stereocenters. The lowest BCUT2D eigenvalue weighted by molar-refractivity contribution is -0.137. The van der Waals surface area contributed by atoms with Crippen LogP contribution in [0, 0.1) is 6.92 Å². The molecule has 3 rings (SSSR count). The van der Waals surface area contributed by atoms with E-state index in [0.29, 0.717) is 18.1 Å². The molecule has 1 heterocycles. The molecule has 0 radical (unpaired) electrons. The number of anilines is 3. The summed E-state index contributed by atoms with van der Waals surface area (Å²) in [5.41, 5.74) is 1.68. The minimum atomic E-state index is -4.37. The summed E-state index contributed by atoms with van der Waals surface area (Å²) >= 11 is 0. The molecule has 2 aromatic carbocycles. The first kappa shape index (κ1) is 19.5. The van der Waals surface area contributed by atoms with Crippen molar-refractivity contribution < 1.29 is 18.3 Å². The smallest absolute Gasteiger partial charge is 0.416 e. The lowest BCUT2D eigenvalue weighted by atomic mass is 10.1. The SMILES string of the molecule is Cc1cnc(Nc2ccc(C(F)(F)F)cc2)nc1NCCc1ccc(O)cc1. The zero-order chi connectivity index (χ0) is 20.1. The fourth-order valence-corrected chi connectivity index (χ4v) is 2.54. The molecule has 0 saturated heterocycles. The molecular weight excluding hydrogens is 369 g/mol. The molecule has 0 amide bonds. The number of hydrogen-bond donors (Lipinski definition) is 3. The van der Waals surface area contributed by atoms with Crippen molar-refractivity contribution in [3.63, 3.8) is 0 Å². The van der Waals surface area contributed by atoms with Crippen molar-refractivity contribution in [1.29, 1.82) is 0 Å². The van der Waals surface area contributed by atoms with Crippen LogP contribution in [0.5, 0.6) is 5.75 Å². The van der Waals surface area contributed by atoms with Crippen LogP contribution < -0.4 is 10.6 Å². The number of aryl methyl sites for hydroxylation is 1. The van der Waals surface area contributed by atoms with Crippen molar-refractivity contribution in [2.24, 2.45) is 0 Å². The van der Waals surface area contributed by atoms with Gasteiger partial charge in [-0.15, -0.1) is 0 Å². The Morgan fingerprint density at radius 2 is 1.68 bits per heavy atom. The zero-order valence-electron chi connectivity index (χ0n) is 15.1. The fraction of sp³-hybridized carbons (Fsp3) is 0.200. The molecule has 146 valence electrons. The van der Waals surface area contributed by atoms with Crippen LogP contribution in [0.1, 0.15) is 16.7 Å². The van der Waals surface area contributed by atoms with E-state index in [-0.39, 0.29) is 11.7 Å². The topological polar surface area (TPSA) is 70.1 Å². The zero-order valence-corrected chi connectivity index (χ0v) is 15.1. The van der Waals surface area contributed by atoms with Gasteiger partial charge in [0.1, 0.15) is 11.6 Å². The molecular formula is C20H19F3N4O. The number of halogens is 3. The average molecular weight is 388 g/mol. The Hall–Kier alpha value is -3.29. The summed E-state index contributed by atoms with van der Waals surface area (Å²) in [6, 6.07) is 11.7. The van der Waals surface area contributed by atoms with Crippen LogP contribution >= 0.6 is 0 Å². The summed E-state index contributed by atoms with van der Waals surface area (Å²) in [7, 11) is 0. The molecule has 8 heteroatoms. The number of nitrogens with zero attached hydrogens (tertiary/aromatic N) is 2. The van der Waals surface area contributed by atoms with E-state index in [1.165, 1.54) is 12.1 Å². The summed E-state index contributed by atoms with van der Waals surface area (Å²) < 4.78 is 37.9. The molecule has 28 heavy (non-hydrogen) atoms. The lowest BCUT2D eigenvalue weighted by Gasteiger charge is -2.12. The highest BCUT2D eigenvalue weighted by Crippen LogP contribution is 2.30. The second kappa shape index (κ2) is 8.16. The van der Waals surface area contributed by atoms with Crippen LogP contribution in [-0.2, 0) is 12.6 Å². The first-order valence-electron chi connectivity index (χ1n) is 8.61. The minimum Gasteiger partial charge on any atom is -0.508 e. The third-order valence-corrected chi connectivity index (χ3v) is 4.08. The predicted octanol–water partition coefficient (Wildman–Crippen LogP) is 4.91. The third-order valence-electron chi connectivity index (χ3n) is 4.08. The minimum absolute atomic E-state index is 0.224. The molecule has 3 aromatic rings. The number of aromatic nitrogens is 2. The van der Waals surface area contributed by atoms with Crippen molar-refractivity contribution in [3.05, 3.63) is 71.4 Å². The van der Waals surface area contributed by atoms with Gasteiger partial charge in [0.25, 0.3) is 0 Å². The summed E-state index contributed by atoms with van der Waals surface area (Å²) in [6.07, 6.45) is -1.98. The molecule has 0 aliphatic rings. The van der Waals surface area contributed by atoms with E-state index in [0.717, 1.165) is 29.7 Å². The highest BCUT2D eigenvalue weighted by molar-refractivity contribution is 5.56. The van der Waals surface area contributed by atoms with E-state index in [9.17, 15) is 18.3 Å². The monoisotopic (exact) mass is 388 g/mol. The Labute approximate surface area is 160 Å². The summed E-state index contributed by atoms with van der Waals surface area (Å²) in [5.74, 6) is 1.16. The lowest BCUT2D eigenvalue weighted by Crippen LogP contribution is -2.09. The molecule has 0 spiro atoms. The Bertz CT molecular complexity index is 926. The van der Waals surface area contributed by atoms with Crippen molar-refractivity contribution in [2.75, 3.05) is 17.2 Å². The summed E-state index contributed by atoms with van der Waals surface area (Å²) in [6.45, 7) is 2.49. The highest BCUT2D eigenvalue weighted by Gasteiger charge is 2.29. The summed E-state index contributed by atoms with van der Waals surface area (Å²) in [5, 5.41) is 15.4. The third kappa shape index (κ3) is 5.12. The number of benzene rings is 2. The van der Waals surface area contributed by atoms with Gasteiger partial charge in [0.2, 0.25) is 5.95 Å². The molecule has 0 unspecified atom stereocenters. The second-order valence-corrected chi connectivity index (χ2v) is 6.27. The quantitative estimate of drug-likeness (QED) is 0.560. The number of alkyl halides is 3. The van der Waals surface area contributed by atoms with Gasteiger partial charge < -0.3 is 15.7 Å². The molecule has 1 aromatic heterocycles. The maximum Gasteiger partial charge on any atom is 0.416 e. The van der Waals surface area contributed by atoms with Crippen molar-refractivity contribution in [1.82, 2.24) is 9.97 Å². The molecule has 0 saturated carbocycles. The maximum atomic E-state index is 12.6. The molecule has 3 N–H and O–H groups in total. The van der Waals surface area contributed by atoms with Gasteiger partial charge in [0.05, 0.1) is 5.56 Å². The number of rotatable bonds is 6. The van der Waals surface area contributed by atoms with Crippen molar-refractivity contribution in [3.8, 4) is 5.75 Å². The second-order valence-electron chi connectivity index (χ2n) is 6.27. The van der Waals surface area contributed by atoms with Gasteiger partial charge in [-0.25, -0.2) is 4.98 Å². The molecule has 0 aliphatic heterocycles.